The number of aryl methyl sites for hydroxylation is 2. The van der Waals surface area contributed by atoms with Crippen LogP contribution in [-0.4, -0.2) is 35.5 Å². The van der Waals surface area contributed by atoms with Crippen molar-refractivity contribution in [3.63, 3.8) is 0 Å². The third-order valence-corrected chi connectivity index (χ3v) is 5.92. The topological polar surface area (TPSA) is 44.4 Å². The first-order chi connectivity index (χ1) is 13.8. The monoisotopic (exact) mass is 413 g/mol. The fourth-order valence-corrected chi connectivity index (χ4v) is 4.17. The van der Waals surface area contributed by atoms with Gasteiger partial charge >= 0.3 is 0 Å². The van der Waals surface area contributed by atoms with Gasteiger partial charge in [0.15, 0.2) is 0 Å². The second-order valence-electron chi connectivity index (χ2n) is 8.44. The summed E-state index contributed by atoms with van der Waals surface area (Å²) in [5.41, 5.74) is 4.95. The van der Waals surface area contributed by atoms with E-state index in [1.54, 1.807) is 0 Å². The van der Waals surface area contributed by atoms with Gasteiger partial charge < -0.3 is 10.6 Å². The summed E-state index contributed by atoms with van der Waals surface area (Å²) < 4.78 is 0. The lowest BCUT2D eigenvalue weighted by molar-refractivity contribution is -0.126. The van der Waals surface area contributed by atoms with Gasteiger partial charge in [0, 0.05) is 36.7 Å². The number of hydrogen-bond donors (Lipinski definition) is 2. The summed E-state index contributed by atoms with van der Waals surface area (Å²) in [6.07, 6.45) is 0.799. The highest BCUT2D eigenvalue weighted by Gasteiger charge is 2.36. The van der Waals surface area contributed by atoms with Crippen LogP contribution in [0.3, 0.4) is 0 Å². The largest absolute Gasteiger partial charge is 0.353 e. The van der Waals surface area contributed by atoms with E-state index in [0.717, 1.165) is 30.1 Å². The third kappa shape index (κ3) is 5.81. The first-order valence-corrected chi connectivity index (χ1v) is 10.8. The Kier molecular flexibility index (Phi) is 7.33. The maximum atomic E-state index is 12.8. The summed E-state index contributed by atoms with van der Waals surface area (Å²) in [5.74, 6) is 0.100. The highest BCUT2D eigenvalue weighted by atomic mass is 35.5. The van der Waals surface area contributed by atoms with Gasteiger partial charge in [-0.2, -0.15) is 0 Å². The van der Waals surface area contributed by atoms with E-state index in [-0.39, 0.29) is 24.0 Å². The number of carbonyl (C=O) groups is 1. The van der Waals surface area contributed by atoms with Crippen LogP contribution in [0.2, 0.25) is 5.02 Å². The number of rotatable bonds is 7. The molecule has 1 amide bonds. The van der Waals surface area contributed by atoms with Crippen molar-refractivity contribution in [2.24, 2.45) is 0 Å². The van der Waals surface area contributed by atoms with E-state index in [4.69, 9.17) is 11.6 Å². The summed E-state index contributed by atoms with van der Waals surface area (Å²) in [6, 6.07) is 14.7. The van der Waals surface area contributed by atoms with Crippen LogP contribution in [0.5, 0.6) is 0 Å². The van der Waals surface area contributed by atoms with E-state index in [2.05, 4.69) is 47.6 Å². The number of nitrogens with zero attached hydrogens (tertiary/aromatic N) is 1. The molecule has 1 heterocycles. The fourth-order valence-electron chi connectivity index (χ4n) is 3.97. The Bertz CT molecular complexity index is 852. The van der Waals surface area contributed by atoms with Crippen molar-refractivity contribution in [3.8, 4) is 0 Å². The Labute approximate surface area is 179 Å². The van der Waals surface area contributed by atoms with E-state index in [1.165, 1.54) is 16.7 Å². The van der Waals surface area contributed by atoms with E-state index in [0.29, 0.717) is 6.54 Å². The average Bonchev–Trinajstić information content (AvgIpc) is 3.07. The van der Waals surface area contributed by atoms with Crippen LogP contribution in [0.1, 0.15) is 42.5 Å². The molecule has 0 radical (unpaired) electrons. The predicted molar refractivity (Wildman–Crippen MR) is 120 cm³/mol. The van der Waals surface area contributed by atoms with E-state index in [1.807, 2.05) is 38.1 Å². The molecule has 0 unspecified atom stereocenters. The molecule has 1 aliphatic rings. The van der Waals surface area contributed by atoms with Gasteiger partial charge in [-0.15, -0.1) is 0 Å². The molecule has 2 N–H and O–H groups in total. The molecule has 5 heteroatoms. The quantitative estimate of drug-likeness (QED) is 0.714. The number of carbonyl (C=O) groups excluding carboxylic acids is 1. The van der Waals surface area contributed by atoms with Crippen LogP contribution >= 0.6 is 11.6 Å². The van der Waals surface area contributed by atoms with Gasteiger partial charge in [-0.05, 0) is 56.9 Å². The second kappa shape index (κ2) is 9.75. The molecule has 2 atom stereocenters. The maximum absolute atomic E-state index is 12.8. The summed E-state index contributed by atoms with van der Waals surface area (Å²) in [4.78, 5) is 15.1. The zero-order valence-corrected chi connectivity index (χ0v) is 18.6. The standard InChI is InChI=1S/C24H32ClN3O/c1-16(2)27-24(29)23-12-21(26-13-20-11-17(3)9-10-18(20)4)15-28(23)14-19-7-5-6-8-22(19)25/h5-11,16,21,23,26H,12-15H2,1-4H3,(H,27,29)/t21-,23+/m1/s1. The minimum atomic E-state index is -0.148. The molecule has 3 rings (SSSR count). The summed E-state index contributed by atoms with van der Waals surface area (Å²) >= 11 is 6.38. The highest BCUT2D eigenvalue weighted by Crippen LogP contribution is 2.25. The Morgan fingerprint density at radius 1 is 1.17 bits per heavy atom. The molecule has 156 valence electrons. The van der Waals surface area contributed by atoms with Gasteiger partial charge in [0.1, 0.15) is 0 Å². The Morgan fingerprint density at radius 2 is 1.93 bits per heavy atom. The molecule has 29 heavy (non-hydrogen) atoms. The lowest BCUT2D eigenvalue weighted by atomic mass is 10.0. The zero-order chi connectivity index (χ0) is 21.0. The molecule has 0 bridgehead atoms. The molecule has 0 aromatic heterocycles. The normalized spacial score (nSPS) is 19.7. The first-order valence-electron chi connectivity index (χ1n) is 10.4. The van der Waals surface area contributed by atoms with Crippen LogP contribution in [-0.2, 0) is 17.9 Å². The molecule has 4 nitrogen and oxygen atoms in total. The van der Waals surface area contributed by atoms with Crippen LogP contribution < -0.4 is 10.6 Å². The minimum Gasteiger partial charge on any atom is -0.353 e. The van der Waals surface area contributed by atoms with Crippen molar-refractivity contribution in [1.29, 1.82) is 0 Å². The van der Waals surface area contributed by atoms with Gasteiger partial charge in [-0.3, -0.25) is 9.69 Å². The molecule has 2 aromatic carbocycles. The zero-order valence-electron chi connectivity index (χ0n) is 17.8. The fraction of sp³-hybridized carbons (Fsp3) is 0.458. The molecule has 0 aliphatic carbocycles. The molecular formula is C24H32ClN3O. The molecule has 2 aromatic rings. The number of halogens is 1. The second-order valence-corrected chi connectivity index (χ2v) is 8.85. The van der Waals surface area contributed by atoms with Crippen LogP contribution in [0, 0.1) is 13.8 Å². The SMILES string of the molecule is Cc1ccc(C)c(CN[C@@H]2C[C@@H](C(=O)NC(C)C)N(Cc3ccccc3Cl)C2)c1. The van der Waals surface area contributed by atoms with Gasteiger partial charge in [0.05, 0.1) is 6.04 Å². The average molecular weight is 414 g/mol. The smallest absolute Gasteiger partial charge is 0.237 e. The number of hydrogen-bond acceptors (Lipinski definition) is 3. The molecule has 0 saturated carbocycles. The number of nitrogens with one attached hydrogen (secondary N) is 2. The Morgan fingerprint density at radius 3 is 2.66 bits per heavy atom. The molecule has 0 spiro atoms. The Balaban J connectivity index is 1.70. The van der Waals surface area contributed by atoms with E-state index < -0.39 is 0 Å². The van der Waals surface area contributed by atoms with Crippen LogP contribution in [0.25, 0.3) is 0 Å². The van der Waals surface area contributed by atoms with Crippen molar-refractivity contribution >= 4 is 17.5 Å². The van der Waals surface area contributed by atoms with Crippen LogP contribution in [0.15, 0.2) is 42.5 Å². The summed E-state index contributed by atoms with van der Waals surface area (Å²) in [6.45, 7) is 10.6. The lowest BCUT2D eigenvalue weighted by Crippen LogP contribution is -2.45. The predicted octanol–water partition coefficient (Wildman–Crippen LogP) is 4.21. The number of likely N-dealkylation sites (tertiary alicyclic amines) is 1. The molecule has 1 saturated heterocycles. The Hall–Kier alpha value is -1.88. The third-order valence-electron chi connectivity index (χ3n) is 5.55. The lowest BCUT2D eigenvalue weighted by Gasteiger charge is -2.24. The molecule has 1 aliphatic heterocycles. The van der Waals surface area contributed by atoms with E-state index in [9.17, 15) is 4.79 Å². The molecule has 1 fully saturated rings. The van der Waals surface area contributed by atoms with E-state index >= 15 is 0 Å². The molecular weight excluding hydrogens is 382 g/mol. The van der Waals surface area contributed by atoms with Gasteiger partial charge in [0.2, 0.25) is 5.91 Å². The minimum absolute atomic E-state index is 0.100. The number of benzene rings is 2. The van der Waals surface area contributed by atoms with Gasteiger partial charge in [-0.1, -0.05) is 53.6 Å². The van der Waals surface area contributed by atoms with Crippen molar-refractivity contribution in [2.45, 2.75) is 65.3 Å². The highest BCUT2D eigenvalue weighted by molar-refractivity contribution is 6.31. The van der Waals surface area contributed by atoms with Gasteiger partial charge in [0.25, 0.3) is 0 Å². The summed E-state index contributed by atoms with van der Waals surface area (Å²) in [7, 11) is 0. The first kappa shape index (κ1) is 21.8. The van der Waals surface area contributed by atoms with Crippen molar-refractivity contribution in [1.82, 2.24) is 15.5 Å². The summed E-state index contributed by atoms with van der Waals surface area (Å²) in [5, 5.41) is 7.52. The van der Waals surface area contributed by atoms with Crippen molar-refractivity contribution < 1.29 is 4.79 Å². The van der Waals surface area contributed by atoms with Gasteiger partial charge in [-0.25, -0.2) is 0 Å². The van der Waals surface area contributed by atoms with Crippen molar-refractivity contribution in [2.75, 3.05) is 6.54 Å². The van der Waals surface area contributed by atoms with Crippen LogP contribution in [0.4, 0.5) is 0 Å². The van der Waals surface area contributed by atoms with Crippen molar-refractivity contribution in [3.05, 3.63) is 69.7 Å². The number of amides is 1. The maximum Gasteiger partial charge on any atom is 0.237 e.